The van der Waals surface area contributed by atoms with Crippen LogP contribution in [0.2, 0.25) is 0 Å². The zero-order chi connectivity index (χ0) is 17.1. The van der Waals surface area contributed by atoms with E-state index < -0.39 is 11.2 Å². The predicted octanol–water partition coefficient (Wildman–Crippen LogP) is 0.0342. The van der Waals surface area contributed by atoms with E-state index >= 15 is 0 Å². The summed E-state index contributed by atoms with van der Waals surface area (Å²) in [6.07, 6.45) is 1.17. The lowest BCUT2D eigenvalue weighted by molar-refractivity contribution is 0.0744. The van der Waals surface area contributed by atoms with Gasteiger partial charge in [0.25, 0.3) is 11.5 Å². The number of hydrogen-bond acceptors (Lipinski definition) is 5. The normalized spacial score (nSPS) is 14.5. The van der Waals surface area contributed by atoms with Crippen molar-refractivity contribution in [3.63, 3.8) is 0 Å². The van der Waals surface area contributed by atoms with E-state index in [9.17, 15) is 14.4 Å². The minimum atomic E-state index is -0.665. The number of aromatic nitrogens is 2. The summed E-state index contributed by atoms with van der Waals surface area (Å²) in [7, 11) is 1.62. The van der Waals surface area contributed by atoms with E-state index in [1.165, 1.54) is 6.20 Å². The average Bonchev–Trinajstić information content (AvgIpc) is 2.61. The van der Waals surface area contributed by atoms with Crippen LogP contribution in [0.5, 0.6) is 5.75 Å². The van der Waals surface area contributed by atoms with Crippen LogP contribution < -0.4 is 20.9 Å². The second-order valence-corrected chi connectivity index (χ2v) is 5.46. The number of hydrogen-bond donors (Lipinski definition) is 2. The summed E-state index contributed by atoms with van der Waals surface area (Å²) < 4.78 is 5.14. The first-order valence-corrected chi connectivity index (χ1v) is 7.59. The Morgan fingerprint density at radius 1 is 1.08 bits per heavy atom. The Bertz CT molecular complexity index is 832. The Morgan fingerprint density at radius 3 is 2.33 bits per heavy atom. The molecule has 1 amide bonds. The predicted molar refractivity (Wildman–Crippen MR) is 88.8 cm³/mol. The third kappa shape index (κ3) is 3.17. The van der Waals surface area contributed by atoms with E-state index in [-0.39, 0.29) is 11.5 Å². The molecular weight excluding hydrogens is 312 g/mol. The molecule has 8 nitrogen and oxygen atoms in total. The van der Waals surface area contributed by atoms with Crippen molar-refractivity contribution in [2.24, 2.45) is 0 Å². The number of carbonyl (C=O) groups is 1. The van der Waals surface area contributed by atoms with Gasteiger partial charge < -0.3 is 19.5 Å². The molecule has 126 valence electrons. The number of aromatic amines is 2. The molecule has 0 radical (unpaired) electrons. The Balaban J connectivity index is 1.66. The molecule has 1 fully saturated rings. The summed E-state index contributed by atoms with van der Waals surface area (Å²) in [5.41, 5.74) is -0.278. The van der Waals surface area contributed by atoms with E-state index in [0.29, 0.717) is 26.2 Å². The number of carbonyl (C=O) groups excluding carboxylic acids is 1. The number of anilines is 1. The highest BCUT2D eigenvalue weighted by atomic mass is 16.5. The fourth-order valence-corrected chi connectivity index (χ4v) is 2.70. The van der Waals surface area contributed by atoms with Crippen LogP contribution in [0, 0.1) is 0 Å². The minimum Gasteiger partial charge on any atom is -0.497 e. The van der Waals surface area contributed by atoms with Gasteiger partial charge in [-0.25, -0.2) is 4.79 Å². The van der Waals surface area contributed by atoms with Crippen molar-refractivity contribution in [3.05, 3.63) is 56.9 Å². The number of ether oxygens (including phenoxy) is 1. The molecule has 0 saturated carbocycles. The largest absolute Gasteiger partial charge is 0.497 e. The van der Waals surface area contributed by atoms with Crippen LogP contribution in [-0.4, -0.2) is 54.1 Å². The van der Waals surface area contributed by atoms with Crippen LogP contribution in [0.4, 0.5) is 5.69 Å². The summed E-state index contributed by atoms with van der Waals surface area (Å²) >= 11 is 0. The van der Waals surface area contributed by atoms with Crippen molar-refractivity contribution in [2.45, 2.75) is 0 Å². The number of methoxy groups -OCH3 is 1. The van der Waals surface area contributed by atoms with Crippen molar-refractivity contribution in [1.82, 2.24) is 14.9 Å². The van der Waals surface area contributed by atoms with Crippen LogP contribution >= 0.6 is 0 Å². The van der Waals surface area contributed by atoms with Gasteiger partial charge in [0.2, 0.25) is 0 Å². The molecule has 0 bridgehead atoms. The number of H-pyrrole nitrogens is 2. The zero-order valence-corrected chi connectivity index (χ0v) is 13.2. The summed E-state index contributed by atoms with van der Waals surface area (Å²) in [6.45, 7) is 2.34. The summed E-state index contributed by atoms with van der Waals surface area (Å²) in [5, 5.41) is 0. The minimum absolute atomic E-state index is 0.0486. The highest BCUT2D eigenvalue weighted by molar-refractivity contribution is 5.93. The maximum absolute atomic E-state index is 12.4. The molecule has 2 heterocycles. The molecule has 24 heavy (non-hydrogen) atoms. The van der Waals surface area contributed by atoms with Crippen LogP contribution in [0.1, 0.15) is 10.4 Å². The molecule has 1 aliphatic rings. The lowest BCUT2D eigenvalue weighted by Crippen LogP contribution is -2.50. The molecule has 1 aromatic heterocycles. The molecule has 0 aliphatic carbocycles. The first kappa shape index (κ1) is 15.9. The molecule has 0 spiro atoms. The molecule has 8 heteroatoms. The number of benzene rings is 1. The first-order chi connectivity index (χ1) is 11.6. The van der Waals surface area contributed by atoms with E-state index in [4.69, 9.17) is 4.74 Å². The van der Waals surface area contributed by atoms with Gasteiger partial charge in [0.15, 0.2) is 0 Å². The quantitative estimate of drug-likeness (QED) is 0.828. The van der Waals surface area contributed by atoms with Gasteiger partial charge in [-0.2, -0.15) is 0 Å². The number of nitrogens with one attached hydrogen (secondary N) is 2. The molecule has 0 atom stereocenters. The number of nitrogens with zero attached hydrogens (tertiary/aromatic N) is 2. The maximum Gasteiger partial charge on any atom is 0.325 e. The Hall–Kier alpha value is -3.03. The fraction of sp³-hybridized carbons (Fsp3) is 0.312. The number of piperazine rings is 1. The molecule has 1 aliphatic heterocycles. The highest BCUT2D eigenvalue weighted by Crippen LogP contribution is 2.20. The van der Waals surface area contributed by atoms with Crippen LogP contribution in [0.15, 0.2) is 40.1 Å². The number of amides is 1. The van der Waals surface area contributed by atoms with Crippen LogP contribution in [0.3, 0.4) is 0 Å². The van der Waals surface area contributed by atoms with Crippen molar-refractivity contribution in [2.75, 3.05) is 38.2 Å². The number of rotatable bonds is 3. The van der Waals surface area contributed by atoms with Crippen molar-refractivity contribution in [3.8, 4) is 5.75 Å². The summed E-state index contributed by atoms with van der Waals surface area (Å²) in [4.78, 5) is 43.3. The van der Waals surface area contributed by atoms with E-state index in [0.717, 1.165) is 11.4 Å². The van der Waals surface area contributed by atoms with Gasteiger partial charge in [0, 0.05) is 38.1 Å². The smallest absolute Gasteiger partial charge is 0.325 e. The van der Waals surface area contributed by atoms with Crippen molar-refractivity contribution >= 4 is 11.6 Å². The SMILES string of the molecule is COc1ccc(N2CCN(C(=O)c3c[nH]c(=O)[nH]c3=O)CC2)cc1. The second-order valence-electron chi connectivity index (χ2n) is 5.46. The topological polar surface area (TPSA) is 98.5 Å². The summed E-state index contributed by atoms with van der Waals surface area (Å²) in [5.74, 6) is 0.423. The van der Waals surface area contributed by atoms with Crippen LogP contribution in [0.25, 0.3) is 0 Å². The first-order valence-electron chi connectivity index (χ1n) is 7.59. The van der Waals surface area contributed by atoms with Gasteiger partial charge in [0.1, 0.15) is 11.3 Å². The van der Waals surface area contributed by atoms with Gasteiger partial charge in [-0.15, -0.1) is 0 Å². The third-order valence-corrected chi connectivity index (χ3v) is 4.05. The molecule has 2 N–H and O–H groups in total. The highest BCUT2D eigenvalue weighted by Gasteiger charge is 2.24. The fourth-order valence-electron chi connectivity index (χ4n) is 2.70. The van der Waals surface area contributed by atoms with Gasteiger partial charge in [0.05, 0.1) is 7.11 Å². The van der Waals surface area contributed by atoms with Gasteiger partial charge in [-0.05, 0) is 24.3 Å². The Morgan fingerprint density at radius 2 is 1.75 bits per heavy atom. The summed E-state index contributed by atoms with van der Waals surface area (Å²) in [6, 6.07) is 7.74. The Labute approximate surface area is 137 Å². The molecule has 2 aromatic rings. The average molecular weight is 330 g/mol. The maximum atomic E-state index is 12.4. The standard InChI is InChI=1S/C16H18N4O4/c1-24-12-4-2-11(3-5-12)19-6-8-20(9-7-19)15(22)13-10-17-16(23)18-14(13)21/h2-5,10H,6-9H2,1H3,(H2,17,18,21,23). The third-order valence-electron chi connectivity index (χ3n) is 4.05. The van der Waals surface area contributed by atoms with Gasteiger partial charge in [-0.3, -0.25) is 14.6 Å². The van der Waals surface area contributed by atoms with Crippen molar-refractivity contribution in [1.29, 1.82) is 0 Å². The molecular formula is C16H18N4O4. The molecule has 1 aromatic carbocycles. The molecule has 3 rings (SSSR count). The second kappa shape index (κ2) is 6.61. The molecule has 1 saturated heterocycles. The van der Waals surface area contributed by atoms with E-state index in [2.05, 4.69) is 14.9 Å². The van der Waals surface area contributed by atoms with Gasteiger partial charge >= 0.3 is 5.69 Å². The van der Waals surface area contributed by atoms with E-state index in [1.807, 2.05) is 24.3 Å². The lowest BCUT2D eigenvalue weighted by Gasteiger charge is -2.36. The molecule has 0 unspecified atom stereocenters. The zero-order valence-electron chi connectivity index (χ0n) is 13.2. The van der Waals surface area contributed by atoms with Crippen molar-refractivity contribution < 1.29 is 9.53 Å². The monoisotopic (exact) mass is 330 g/mol. The van der Waals surface area contributed by atoms with E-state index in [1.54, 1.807) is 12.0 Å². The van der Waals surface area contributed by atoms with Crippen LogP contribution in [-0.2, 0) is 0 Å². The Kier molecular flexibility index (Phi) is 4.37. The van der Waals surface area contributed by atoms with Gasteiger partial charge in [-0.1, -0.05) is 0 Å². The lowest BCUT2D eigenvalue weighted by atomic mass is 10.2.